The average Bonchev–Trinajstić information content (AvgIpc) is 3.38. The molecule has 2 N–H and O–H groups in total. The predicted octanol–water partition coefficient (Wildman–Crippen LogP) is 1.43. The number of carbonyl (C=O) groups excluding carboxylic acids is 2. The van der Waals surface area contributed by atoms with Crippen LogP contribution < -0.4 is 10.6 Å². The van der Waals surface area contributed by atoms with E-state index in [-0.39, 0.29) is 23.9 Å². The number of aryl methyl sites for hydroxylation is 1. The lowest BCUT2D eigenvalue weighted by Gasteiger charge is -2.23. The van der Waals surface area contributed by atoms with Gasteiger partial charge in [-0.05, 0) is 25.3 Å². The van der Waals surface area contributed by atoms with Gasteiger partial charge in [-0.15, -0.1) is 0 Å². The fourth-order valence-corrected chi connectivity index (χ4v) is 2.90. The lowest BCUT2D eigenvalue weighted by Crippen LogP contribution is -2.45. The third kappa shape index (κ3) is 4.47. The van der Waals surface area contributed by atoms with Crippen LogP contribution in [0.1, 0.15) is 24.0 Å². The van der Waals surface area contributed by atoms with Crippen molar-refractivity contribution in [3.05, 3.63) is 35.4 Å². The van der Waals surface area contributed by atoms with Crippen LogP contribution in [0.5, 0.6) is 0 Å². The minimum absolute atomic E-state index is 0.0236. The Kier molecular flexibility index (Phi) is 5.04. The lowest BCUT2D eigenvalue weighted by atomic mass is 10.1. The summed E-state index contributed by atoms with van der Waals surface area (Å²) in [7, 11) is 0. The van der Waals surface area contributed by atoms with Crippen LogP contribution in [0.3, 0.4) is 0 Å². The first-order valence-corrected chi connectivity index (χ1v) is 8.49. The number of rotatable bonds is 4. The van der Waals surface area contributed by atoms with E-state index in [2.05, 4.69) is 10.6 Å². The summed E-state index contributed by atoms with van der Waals surface area (Å²) in [6, 6.07) is 7.65. The fraction of sp³-hybridized carbons (Fsp3) is 0.556. The van der Waals surface area contributed by atoms with Gasteiger partial charge < -0.3 is 20.3 Å². The van der Waals surface area contributed by atoms with E-state index in [4.69, 9.17) is 4.74 Å². The third-order valence-corrected chi connectivity index (χ3v) is 4.72. The summed E-state index contributed by atoms with van der Waals surface area (Å²) >= 11 is 0. The molecule has 1 aliphatic carbocycles. The van der Waals surface area contributed by atoms with Crippen LogP contribution in [0.4, 0.5) is 4.79 Å². The minimum Gasteiger partial charge on any atom is -0.379 e. The van der Waals surface area contributed by atoms with Gasteiger partial charge in [0.15, 0.2) is 0 Å². The highest BCUT2D eigenvalue weighted by molar-refractivity contribution is 5.84. The number of ether oxygens (including phenoxy) is 1. The summed E-state index contributed by atoms with van der Waals surface area (Å²) in [5.74, 6) is -0.0442. The molecular weight excluding hydrogens is 306 g/mol. The molecule has 1 heterocycles. The van der Waals surface area contributed by atoms with Gasteiger partial charge in [0.25, 0.3) is 0 Å². The van der Waals surface area contributed by atoms with Crippen molar-refractivity contribution in [1.82, 2.24) is 15.5 Å². The van der Waals surface area contributed by atoms with Crippen LogP contribution >= 0.6 is 0 Å². The highest BCUT2D eigenvalue weighted by Gasteiger charge is 2.46. The van der Waals surface area contributed by atoms with Crippen LogP contribution in [-0.2, 0) is 16.1 Å². The SMILES string of the molecule is Cc1ccc(CNC(=O)NCC(=O)N2CCOCC3(CC3)C2)cc1. The third-order valence-electron chi connectivity index (χ3n) is 4.72. The highest BCUT2D eigenvalue weighted by Crippen LogP contribution is 2.47. The Morgan fingerprint density at radius 1 is 1.21 bits per heavy atom. The summed E-state index contributed by atoms with van der Waals surface area (Å²) in [6.45, 7) is 5.17. The Bertz CT molecular complexity index is 596. The monoisotopic (exact) mass is 331 g/mol. The average molecular weight is 331 g/mol. The predicted molar refractivity (Wildman–Crippen MR) is 90.5 cm³/mol. The van der Waals surface area contributed by atoms with E-state index in [0.29, 0.717) is 19.7 Å². The molecule has 2 fully saturated rings. The van der Waals surface area contributed by atoms with E-state index < -0.39 is 0 Å². The van der Waals surface area contributed by atoms with Gasteiger partial charge in [-0.1, -0.05) is 29.8 Å². The molecule has 2 aliphatic rings. The van der Waals surface area contributed by atoms with Gasteiger partial charge in [-0.3, -0.25) is 4.79 Å². The van der Waals surface area contributed by atoms with Gasteiger partial charge in [-0.25, -0.2) is 4.79 Å². The number of carbonyl (C=O) groups is 2. The van der Waals surface area contributed by atoms with E-state index in [1.165, 1.54) is 5.56 Å². The number of hydrogen-bond donors (Lipinski definition) is 2. The number of benzene rings is 1. The van der Waals surface area contributed by atoms with Crippen molar-refractivity contribution >= 4 is 11.9 Å². The number of amides is 3. The summed E-state index contributed by atoms with van der Waals surface area (Å²) in [4.78, 5) is 26.0. The maximum atomic E-state index is 12.3. The van der Waals surface area contributed by atoms with Crippen LogP contribution in [0, 0.1) is 12.3 Å². The van der Waals surface area contributed by atoms with Crippen molar-refractivity contribution in [3.63, 3.8) is 0 Å². The first-order chi connectivity index (χ1) is 11.6. The standard InChI is InChI=1S/C18H25N3O3/c1-14-2-4-15(5-3-14)10-19-17(23)20-11-16(22)21-8-9-24-13-18(12-21)6-7-18/h2-5H,6-13H2,1H3,(H2,19,20,23). The maximum absolute atomic E-state index is 12.3. The molecule has 1 saturated heterocycles. The lowest BCUT2D eigenvalue weighted by molar-refractivity contribution is -0.130. The Balaban J connectivity index is 1.40. The fourth-order valence-electron chi connectivity index (χ4n) is 2.90. The van der Waals surface area contributed by atoms with E-state index >= 15 is 0 Å². The smallest absolute Gasteiger partial charge is 0.315 e. The normalized spacial score (nSPS) is 18.8. The second-order valence-electron chi connectivity index (χ2n) is 6.89. The molecule has 0 bridgehead atoms. The molecule has 130 valence electrons. The molecule has 24 heavy (non-hydrogen) atoms. The molecule has 1 aliphatic heterocycles. The van der Waals surface area contributed by atoms with E-state index in [1.54, 1.807) is 0 Å². The summed E-state index contributed by atoms with van der Waals surface area (Å²) in [5, 5.41) is 5.42. The van der Waals surface area contributed by atoms with E-state index in [1.807, 2.05) is 36.1 Å². The molecule has 1 spiro atoms. The Hall–Kier alpha value is -2.08. The quantitative estimate of drug-likeness (QED) is 0.877. The van der Waals surface area contributed by atoms with Crippen molar-refractivity contribution < 1.29 is 14.3 Å². The molecule has 0 radical (unpaired) electrons. The molecule has 6 heteroatoms. The minimum atomic E-state index is -0.323. The highest BCUT2D eigenvalue weighted by atomic mass is 16.5. The van der Waals surface area contributed by atoms with Gasteiger partial charge in [-0.2, -0.15) is 0 Å². The van der Waals surface area contributed by atoms with Gasteiger partial charge in [0.2, 0.25) is 5.91 Å². The Morgan fingerprint density at radius 3 is 2.67 bits per heavy atom. The van der Waals surface area contributed by atoms with Crippen molar-refractivity contribution in [1.29, 1.82) is 0 Å². The summed E-state index contributed by atoms with van der Waals surface area (Å²) < 4.78 is 5.58. The topological polar surface area (TPSA) is 70.7 Å². The molecule has 1 saturated carbocycles. The van der Waals surface area contributed by atoms with Crippen molar-refractivity contribution in [2.24, 2.45) is 5.41 Å². The molecule has 3 rings (SSSR count). The zero-order valence-corrected chi connectivity index (χ0v) is 14.1. The number of hydrogen-bond acceptors (Lipinski definition) is 3. The van der Waals surface area contributed by atoms with Crippen LogP contribution in [0.25, 0.3) is 0 Å². The zero-order chi connectivity index (χ0) is 17.0. The molecule has 0 atom stereocenters. The van der Waals surface area contributed by atoms with Crippen molar-refractivity contribution in [2.75, 3.05) is 32.8 Å². The van der Waals surface area contributed by atoms with Gasteiger partial charge >= 0.3 is 6.03 Å². The van der Waals surface area contributed by atoms with Crippen LogP contribution in [0.2, 0.25) is 0 Å². The Morgan fingerprint density at radius 2 is 1.96 bits per heavy atom. The molecule has 1 aromatic rings. The second-order valence-corrected chi connectivity index (χ2v) is 6.89. The van der Waals surface area contributed by atoms with Crippen molar-refractivity contribution in [2.45, 2.75) is 26.3 Å². The van der Waals surface area contributed by atoms with Gasteiger partial charge in [0, 0.05) is 25.0 Å². The van der Waals surface area contributed by atoms with Crippen LogP contribution in [0.15, 0.2) is 24.3 Å². The van der Waals surface area contributed by atoms with E-state index in [9.17, 15) is 9.59 Å². The summed E-state index contributed by atoms with van der Waals surface area (Å²) in [5.41, 5.74) is 2.39. The van der Waals surface area contributed by atoms with Gasteiger partial charge in [0.1, 0.15) is 0 Å². The van der Waals surface area contributed by atoms with Crippen LogP contribution in [-0.4, -0.2) is 49.7 Å². The molecule has 0 aromatic heterocycles. The molecule has 6 nitrogen and oxygen atoms in total. The zero-order valence-electron chi connectivity index (χ0n) is 14.1. The van der Waals surface area contributed by atoms with E-state index in [0.717, 1.165) is 31.6 Å². The largest absolute Gasteiger partial charge is 0.379 e. The van der Waals surface area contributed by atoms with Gasteiger partial charge in [0.05, 0.1) is 19.8 Å². The van der Waals surface area contributed by atoms with Crippen molar-refractivity contribution in [3.8, 4) is 0 Å². The maximum Gasteiger partial charge on any atom is 0.315 e. The first kappa shape index (κ1) is 16.8. The summed E-state index contributed by atoms with van der Waals surface area (Å²) in [6.07, 6.45) is 2.25. The molecule has 0 unspecified atom stereocenters. The number of urea groups is 1. The second kappa shape index (κ2) is 7.21. The molecular formula is C18H25N3O3. The molecule has 1 aromatic carbocycles. The number of nitrogens with zero attached hydrogens (tertiary/aromatic N) is 1. The number of nitrogens with one attached hydrogen (secondary N) is 2. The first-order valence-electron chi connectivity index (χ1n) is 8.49. The Labute approximate surface area is 142 Å². The molecule has 3 amide bonds.